The van der Waals surface area contributed by atoms with Crippen molar-refractivity contribution in [2.45, 2.75) is 25.1 Å². The zero-order valence-electron chi connectivity index (χ0n) is 17.6. The number of piperidine rings is 3. The maximum absolute atomic E-state index is 12.7. The molecule has 0 spiro atoms. The molecular formula is C24H28F3N3O. The lowest BCUT2D eigenvalue weighted by Gasteiger charge is -2.50. The van der Waals surface area contributed by atoms with Gasteiger partial charge in [0.1, 0.15) is 0 Å². The van der Waals surface area contributed by atoms with E-state index in [1.165, 1.54) is 24.2 Å². The molecule has 2 aromatic rings. The zero-order valence-corrected chi connectivity index (χ0v) is 17.6. The van der Waals surface area contributed by atoms with E-state index in [0.29, 0.717) is 18.4 Å². The first-order valence-corrected chi connectivity index (χ1v) is 10.8. The van der Waals surface area contributed by atoms with Crippen LogP contribution in [0.15, 0.2) is 54.6 Å². The monoisotopic (exact) mass is 431 g/mol. The normalized spacial score (nSPS) is 25.3. The van der Waals surface area contributed by atoms with Crippen molar-refractivity contribution in [1.29, 1.82) is 0 Å². The Labute approximate surface area is 181 Å². The fraction of sp³-hybridized carbons (Fsp3) is 0.458. The Hall–Kier alpha value is -2.54. The highest BCUT2D eigenvalue weighted by Gasteiger charge is 2.40. The molecule has 3 heterocycles. The van der Waals surface area contributed by atoms with Gasteiger partial charge in [-0.2, -0.15) is 13.2 Å². The summed E-state index contributed by atoms with van der Waals surface area (Å²) in [6.45, 7) is 3.59. The molecule has 2 bridgehead atoms. The number of para-hydroxylation sites is 1. The van der Waals surface area contributed by atoms with Gasteiger partial charge in [0.25, 0.3) is 5.91 Å². The van der Waals surface area contributed by atoms with E-state index in [9.17, 15) is 18.0 Å². The summed E-state index contributed by atoms with van der Waals surface area (Å²) in [5, 5.41) is 2.92. The Kier molecular flexibility index (Phi) is 6.23. The summed E-state index contributed by atoms with van der Waals surface area (Å²) in [5.41, 5.74) is 0.733. The third kappa shape index (κ3) is 5.03. The first kappa shape index (κ1) is 21.7. The molecule has 3 aliphatic heterocycles. The predicted molar refractivity (Wildman–Crippen MR) is 115 cm³/mol. The summed E-state index contributed by atoms with van der Waals surface area (Å²) in [6, 6.07) is 15.0. The van der Waals surface area contributed by atoms with E-state index >= 15 is 0 Å². The van der Waals surface area contributed by atoms with Gasteiger partial charge in [0.15, 0.2) is 0 Å². The van der Waals surface area contributed by atoms with Gasteiger partial charge in [-0.05, 0) is 67.6 Å². The maximum Gasteiger partial charge on any atom is 0.416 e. The van der Waals surface area contributed by atoms with Crippen LogP contribution in [-0.4, -0.2) is 50.1 Å². The lowest BCUT2D eigenvalue weighted by Crippen LogP contribution is -2.58. The van der Waals surface area contributed by atoms with Crippen molar-refractivity contribution >= 4 is 11.6 Å². The van der Waals surface area contributed by atoms with Gasteiger partial charge in [0.2, 0.25) is 0 Å². The highest BCUT2D eigenvalue weighted by Crippen LogP contribution is 2.37. The minimum atomic E-state index is -4.39. The van der Waals surface area contributed by atoms with Gasteiger partial charge in [-0.3, -0.25) is 9.69 Å². The summed E-state index contributed by atoms with van der Waals surface area (Å²) in [6.07, 6.45) is -2.17. The number of halogens is 3. The molecular weight excluding hydrogens is 403 g/mol. The summed E-state index contributed by atoms with van der Waals surface area (Å²) >= 11 is 0. The Bertz CT molecular complexity index is 885. The highest BCUT2D eigenvalue weighted by molar-refractivity contribution is 5.94. The average molecular weight is 432 g/mol. The average Bonchev–Trinajstić information content (AvgIpc) is 2.78. The molecule has 4 unspecified atom stereocenters. The maximum atomic E-state index is 12.7. The molecule has 3 fully saturated rings. The van der Waals surface area contributed by atoms with Crippen molar-refractivity contribution in [3.8, 4) is 0 Å². The third-order valence-corrected chi connectivity index (χ3v) is 6.69. The lowest BCUT2D eigenvalue weighted by atomic mass is 9.75. The Morgan fingerprint density at radius 2 is 1.84 bits per heavy atom. The number of alkyl halides is 3. The second-order valence-electron chi connectivity index (χ2n) is 8.69. The van der Waals surface area contributed by atoms with Crippen LogP contribution >= 0.6 is 0 Å². The molecule has 1 N–H and O–H groups in total. The van der Waals surface area contributed by atoms with Gasteiger partial charge >= 0.3 is 6.18 Å². The van der Waals surface area contributed by atoms with Gasteiger partial charge in [0, 0.05) is 44.0 Å². The van der Waals surface area contributed by atoms with E-state index in [4.69, 9.17) is 0 Å². The highest BCUT2D eigenvalue weighted by atomic mass is 19.4. The molecule has 0 radical (unpaired) electrons. The topological polar surface area (TPSA) is 35.6 Å². The molecule has 2 aromatic carbocycles. The number of carbonyl (C=O) groups excluding carboxylic acids is 1. The van der Waals surface area contributed by atoms with Gasteiger partial charge in [-0.25, -0.2) is 0 Å². The number of hydrogen-bond acceptors (Lipinski definition) is 3. The van der Waals surface area contributed by atoms with Gasteiger partial charge in [0.05, 0.1) is 5.56 Å². The summed E-state index contributed by atoms with van der Waals surface area (Å²) in [5.74, 6) is 0.904. The summed E-state index contributed by atoms with van der Waals surface area (Å²) in [7, 11) is 2.13. The van der Waals surface area contributed by atoms with Crippen LogP contribution in [0.25, 0.3) is 0 Å². The van der Waals surface area contributed by atoms with Crippen LogP contribution in [0.4, 0.5) is 18.9 Å². The minimum Gasteiger partial charge on any atom is -0.374 e. The molecule has 1 amide bonds. The summed E-state index contributed by atoms with van der Waals surface area (Å²) < 4.78 is 38.1. The molecule has 3 saturated heterocycles. The zero-order chi connectivity index (χ0) is 22.0. The number of nitrogens with zero attached hydrogens (tertiary/aromatic N) is 2. The minimum absolute atomic E-state index is 0.256. The summed E-state index contributed by atoms with van der Waals surface area (Å²) in [4.78, 5) is 17.2. The number of benzene rings is 2. The lowest BCUT2D eigenvalue weighted by molar-refractivity contribution is -0.137. The quantitative estimate of drug-likeness (QED) is 0.742. The van der Waals surface area contributed by atoms with E-state index in [0.717, 1.165) is 38.2 Å². The van der Waals surface area contributed by atoms with Crippen LogP contribution in [-0.2, 0) is 6.18 Å². The standard InChI is InChI=1S/C24H28F3N3O/c1-29(21-5-3-2-4-6-21)15-19-16-30-12-11-18(19)13-22(30)14-28-23(31)17-7-9-20(10-8-17)24(25,26)27/h2-10,18-19,22H,11-16H2,1H3,(H,28,31). The third-order valence-electron chi connectivity index (χ3n) is 6.69. The number of rotatable bonds is 6. The van der Waals surface area contributed by atoms with E-state index in [1.54, 1.807) is 0 Å². The number of nitrogens with one attached hydrogen (secondary N) is 1. The Morgan fingerprint density at radius 3 is 2.45 bits per heavy atom. The number of hydrogen-bond donors (Lipinski definition) is 1. The van der Waals surface area contributed by atoms with E-state index in [1.807, 2.05) is 6.07 Å². The molecule has 3 aliphatic rings. The molecule has 5 rings (SSSR count). The van der Waals surface area contributed by atoms with Crippen LogP contribution in [0.2, 0.25) is 0 Å². The molecule has 166 valence electrons. The van der Waals surface area contributed by atoms with Crippen LogP contribution in [0.1, 0.15) is 28.8 Å². The van der Waals surface area contributed by atoms with E-state index in [-0.39, 0.29) is 17.5 Å². The van der Waals surface area contributed by atoms with Gasteiger partial charge < -0.3 is 10.2 Å². The first-order valence-electron chi connectivity index (χ1n) is 10.8. The Morgan fingerprint density at radius 1 is 1.13 bits per heavy atom. The molecule has 0 saturated carbocycles. The van der Waals surface area contributed by atoms with Crippen molar-refractivity contribution in [2.75, 3.05) is 38.1 Å². The second-order valence-corrected chi connectivity index (χ2v) is 8.69. The van der Waals surface area contributed by atoms with E-state index < -0.39 is 11.7 Å². The first-order chi connectivity index (χ1) is 14.8. The van der Waals surface area contributed by atoms with Crippen molar-refractivity contribution in [3.63, 3.8) is 0 Å². The fourth-order valence-electron chi connectivity index (χ4n) is 4.93. The van der Waals surface area contributed by atoms with Gasteiger partial charge in [-0.15, -0.1) is 0 Å². The van der Waals surface area contributed by atoms with Crippen molar-refractivity contribution < 1.29 is 18.0 Å². The number of fused-ring (bicyclic) bond motifs is 3. The van der Waals surface area contributed by atoms with Crippen LogP contribution in [0.3, 0.4) is 0 Å². The molecule has 7 heteroatoms. The van der Waals surface area contributed by atoms with Crippen LogP contribution in [0, 0.1) is 11.8 Å². The van der Waals surface area contributed by atoms with Gasteiger partial charge in [-0.1, -0.05) is 18.2 Å². The second kappa shape index (κ2) is 8.91. The SMILES string of the molecule is CN(CC1CN2CCC1CC2CNC(=O)c1ccc(C(F)(F)F)cc1)c1ccccc1. The van der Waals surface area contributed by atoms with Crippen molar-refractivity contribution in [1.82, 2.24) is 10.2 Å². The largest absolute Gasteiger partial charge is 0.416 e. The number of carbonyl (C=O) groups is 1. The van der Waals surface area contributed by atoms with Crippen LogP contribution < -0.4 is 10.2 Å². The predicted octanol–water partition coefficient (Wildman–Crippen LogP) is 4.28. The number of amides is 1. The smallest absolute Gasteiger partial charge is 0.374 e. The molecule has 0 aliphatic carbocycles. The number of anilines is 1. The molecule has 4 nitrogen and oxygen atoms in total. The molecule has 0 aromatic heterocycles. The van der Waals surface area contributed by atoms with Crippen LogP contribution in [0.5, 0.6) is 0 Å². The van der Waals surface area contributed by atoms with E-state index in [2.05, 4.69) is 46.4 Å². The fourth-order valence-corrected chi connectivity index (χ4v) is 4.93. The molecule has 4 atom stereocenters. The van der Waals surface area contributed by atoms with Crippen molar-refractivity contribution in [3.05, 3.63) is 65.7 Å². The Balaban J connectivity index is 1.29. The molecule has 31 heavy (non-hydrogen) atoms. The van der Waals surface area contributed by atoms with Crippen molar-refractivity contribution in [2.24, 2.45) is 11.8 Å².